The first kappa shape index (κ1) is 18.4. The van der Waals surface area contributed by atoms with Crippen molar-refractivity contribution in [2.75, 3.05) is 5.75 Å². The number of carbonyl (C=O) groups is 1. The minimum absolute atomic E-state index is 0.0357. The molecule has 0 aliphatic rings. The monoisotopic (exact) mass is 367 g/mol. The number of amides is 1. The predicted molar refractivity (Wildman–Crippen MR) is 92.7 cm³/mol. The molecule has 0 aliphatic heterocycles. The zero-order chi connectivity index (χ0) is 17.6. The molecule has 7 heteroatoms. The number of unbranched alkanes of at least 4 members (excludes halogenated alkanes) is 1. The molecule has 2 N–H and O–H groups in total. The van der Waals surface area contributed by atoms with Crippen LogP contribution in [0.3, 0.4) is 0 Å². The summed E-state index contributed by atoms with van der Waals surface area (Å²) < 4.78 is 24.5. The molecule has 24 heavy (non-hydrogen) atoms. The number of hydrogen-bond donors (Lipinski definition) is 2. The maximum Gasteiger partial charge on any atom is 0.243 e. The third-order valence-electron chi connectivity index (χ3n) is 3.58. The van der Waals surface area contributed by atoms with Gasteiger partial charge in [-0.05, 0) is 48.2 Å². The molecule has 0 aliphatic carbocycles. The number of hydroxylamine groups is 1. The molecule has 5 nitrogen and oxygen atoms in total. The Morgan fingerprint density at radius 1 is 0.958 bits per heavy atom. The van der Waals surface area contributed by atoms with E-state index in [0.717, 1.165) is 11.1 Å². The van der Waals surface area contributed by atoms with Crippen molar-refractivity contribution in [2.45, 2.75) is 24.2 Å². The van der Waals surface area contributed by atoms with Crippen LogP contribution in [0.2, 0.25) is 5.02 Å². The molecular formula is C17H18ClNO4S. The predicted octanol–water partition coefficient (Wildman–Crippen LogP) is 3.46. The zero-order valence-electron chi connectivity index (χ0n) is 12.9. The summed E-state index contributed by atoms with van der Waals surface area (Å²) in [5, 5.41) is 9.03. The van der Waals surface area contributed by atoms with Crippen LogP contribution < -0.4 is 5.48 Å². The number of rotatable bonds is 7. The van der Waals surface area contributed by atoms with Gasteiger partial charge in [0.05, 0.1) is 10.6 Å². The molecule has 0 heterocycles. The Balaban J connectivity index is 2.01. The van der Waals surface area contributed by atoms with Crippen LogP contribution in [-0.2, 0) is 14.6 Å². The van der Waals surface area contributed by atoms with E-state index in [4.69, 9.17) is 16.8 Å². The minimum Gasteiger partial charge on any atom is -0.289 e. The highest BCUT2D eigenvalue weighted by molar-refractivity contribution is 7.91. The van der Waals surface area contributed by atoms with Crippen molar-refractivity contribution in [2.24, 2.45) is 0 Å². The lowest BCUT2D eigenvalue weighted by Crippen LogP contribution is -2.18. The molecule has 0 aromatic heterocycles. The topological polar surface area (TPSA) is 83.5 Å². The van der Waals surface area contributed by atoms with Crippen LogP contribution in [0.1, 0.15) is 19.3 Å². The lowest BCUT2D eigenvalue weighted by molar-refractivity contribution is -0.129. The zero-order valence-corrected chi connectivity index (χ0v) is 14.5. The van der Waals surface area contributed by atoms with E-state index in [1.807, 2.05) is 12.1 Å². The average Bonchev–Trinajstić information content (AvgIpc) is 2.59. The Hall–Kier alpha value is -1.89. The van der Waals surface area contributed by atoms with E-state index in [2.05, 4.69) is 0 Å². The third kappa shape index (κ3) is 5.06. The quantitative estimate of drug-likeness (QED) is 0.446. The molecule has 0 radical (unpaired) electrons. The fourth-order valence-corrected chi connectivity index (χ4v) is 3.75. The van der Waals surface area contributed by atoms with Gasteiger partial charge in [-0.15, -0.1) is 0 Å². The maximum absolute atomic E-state index is 12.3. The summed E-state index contributed by atoms with van der Waals surface area (Å²) in [7, 11) is -3.39. The summed E-state index contributed by atoms with van der Waals surface area (Å²) in [4.78, 5) is 11.1. The Morgan fingerprint density at radius 3 is 2.04 bits per heavy atom. The van der Waals surface area contributed by atoms with Gasteiger partial charge in [0, 0.05) is 11.4 Å². The average molecular weight is 368 g/mol. The molecule has 2 rings (SSSR count). The second kappa shape index (κ2) is 8.28. The van der Waals surface area contributed by atoms with Crippen LogP contribution >= 0.6 is 11.6 Å². The first-order valence-electron chi connectivity index (χ1n) is 7.44. The van der Waals surface area contributed by atoms with Crippen LogP contribution in [0.5, 0.6) is 0 Å². The van der Waals surface area contributed by atoms with Gasteiger partial charge >= 0.3 is 0 Å². The van der Waals surface area contributed by atoms with Crippen molar-refractivity contribution in [3.8, 4) is 11.1 Å². The molecular weight excluding hydrogens is 350 g/mol. The van der Waals surface area contributed by atoms with Crippen LogP contribution in [0.15, 0.2) is 53.4 Å². The van der Waals surface area contributed by atoms with E-state index in [0.29, 0.717) is 17.9 Å². The summed E-state index contributed by atoms with van der Waals surface area (Å²) >= 11 is 5.86. The standard InChI is InChI=1S/C17H18ClNO4S/c18-15-8-4-13(5-9-15)14-6-10-16(11-7-14)24(22,23)12-2-1-3-17(20)19-21/h4-11,21H,1-3,12H2,(H,19,20). The second-order valence-corrected chi connectivity index (χ2v) is 7.89. The lowest BCUT2D eigenvalue weighted by atomic mass is 10.1. The van der Waals surface area contributed by atoms with Crippen molar-refractivity contribution in [3.05, 3.63) is 53.6 Å². The summed E-state index contributed by atoms with van der Waals surface area (Å²) in [5.74, 6) is -0.550. The number of hydrogen-bond acceptors (Lipinski definition) is 4. The first-order valence-corrected chi connectivity index (χ1v) is 9.47. The third-order valence-corrected chi connectivity index (χ3v) is 5.65. The van der Waals surface area contributed by atoms with E-state index in [9.17, 15) is 13.2 Å². The summed E-state index contributed by atoms with van der Waals surface area (Å²) in [6, 6.07) is 14.0. The number of halogens is 1. The van der Waals surface area contributed by atoms with Crippen molar-refractivity contribution in [3.63, 3.8) is 0 Å². The minimum atomic E-state index is -3.39. The van der Waals surface area contributed by atoms with Gasteiger partial charge in [0.1, 0.15) is 0 Å². The number of sulfone groups is 1. The van der Waals surface area contributed by atoms with Gasteiger partial charge in [-0.2, -0.15) is 0 Å². The van der Waals surface area contributed by atoms with Gasteiger partial charge in [-0.25, -0.2) is 13.9 Å². The van der Waals surface area contributed by atoms with Gasteiger partial charge in [0.2, 0.25) is 5.91 Å². The van der Waals surface area contributed by atoms with Crippen molar-refractivity contribution in [1.82, 2.24) is 5.48 Å². The van der Waals surface area contributed by atoms with Crippen molar-refractivity contribution in [1.29, 1.82) is 0 Å². The van der Waals surface area contributed by atoms with Crippen LogP contribution in [0.4, 0.5) is 0 Å². The van der Waals surface area contributed by atoms with E-state index in [1.54, 1.807) is 36.4 Å². The highest BCUT2D eigenvalue weighted by atomic mass is 35.5. The molecule has 0 fully saturated rings. The van der Waals surface area contributed by atoms with Crippen LogP contribution in [0.25, 0.3) is 11.1 Å². The van der Waals surface area contributed by atoms with E-state index >= 15 is 0 Å². The van der Waals surface area contributed by atoms with Gasteiger partial charge in [0.15, 0.2) is 9.84 Å². The first-order chi connectivity index (χ1) is 11.4. The van der Waals surface area contributed by atoms with Crippen LogP contribution in [0, 0.1) is 0 Å². The van der Waals surface area contributed by atoms with E-state index in [-0.39, 0.29) is 17.1 Å². The molecule has 0 spiro atoms. The second-order valence-electron chi connectivity index (χ2n) is 5.34. The normalized spacial score (nSPS) is 11.2. The molecule has 0 bridgehead atoms. The SMILES string of the molecule is O=C(CCCCS(=O)(=O)c1ccc(-c2ccc(Cl)cc2)cc1)NO. The summed E-state index contributed by atoms with van der Waals surface area (Å²) in [5.41, 5.74) is 3.39. The van der Waals surface area contributed by atoms with Gasteiger partial charge in [-0.3, -0.25) is 10.0 Å². The number of carbonyl (C=O) groups excluding carboxylic acids is 1. The smallest absolute Gasteiger partial charge is 0.243 e. The maximum atomic E-state index is 12.3. The molecule has 2 aromatic rings. The Morgan fingerprint density at radius 2 is 1.50 bits per heavy atom. The molecule has 128 valence electrons. The highest BCUT2D eigenvalue weighted by Gasteiger charge is 2.14. The molecule has 0 saturated carbocycles. The Kier molecular flexibility index (Phi) is 6.36. The lowest BCUT2D eigenvalue weighted by Gasteiger charge is -2.06. The largest absolute Gasteiger partial charge is 0.289 e. The number of nitrogens with one attached hydrogen (secondary N) is 1. The van der Waals surface area contributed by atoms with E-state index < -0.39 is 15.7 Å². The number of benzene rings is 2. The molecule has 0 unspecified atom stereocenters. The Bertz CT molecular complexity index is 786. The van der Waals surface area contributed by atoms with Gasteiger partial charge in [-0.1, -0.05) is 35.9 Å². The van der Waals surface area contributed by atoms with Gasteiger partial charge < -0.3 is 0 Å². The Labute approximate surface area is 146 Å². The fraction of sp³-hybridized carbons (Fsp3) is 0.235. The summed E-state index contributed by atoms with van der Waals surface area (Å²) in [6.07, 6.45) is 0.852. The van der Waals surface area contributed by atoms with Crippen molar-refractivity contribution >= 4 is 27.3 Å². The van der Waals surface area contributed by atoms with Crippen molar-refractivity contribution < 1.29 is 18.4 Å². The highest BCUT2D eigenvalue weighted by Crippen LogP contribution is 2.23. The molecule has 0 atom stereocenters. The summed E-state index contributed by atoms with van der Waals surface area (Å²) in [6.45, 7) is 0. The molecule has 1 amide bonds. The fourth-order valence-electron chi connectivity index (χ4n) is 2.25. The van der Waals surface area contributed by atoms with E-state index in [1.165, 1.54) is 5.48 Å². The molecule has 2 aromatic carbocycles. The van der Waals surface area contributed by atoms with Gasteiger partial charge in [0.25, 0.3) is 0 Å². The molecule has 0 saturated heterocycles. The van der Waals surface area contributed by atoms with Crippen LogP contribution in [-0.4, -0.2) is 25.3 Å².